The molecule has 2 atom stereocenters. The van der Waals surface area contributed by atoms with Gasteiger partial charge in [0.2, 0.25) is 0 Å². The molecule has 1 N–H and O–H groups in total. The molecule has 0 aliphatic carbocycles. The Morgan fingerprint density at radius 3 is 2.70 bits per heavy atom. The van der Waals surface area contributed by atoms with Crippen molar-refractivity contribution in [2.75, 3.05) is 13.1 Å². The lowest BCUT2D eigenvalue weighted by Crippen LogP contribution is -2.41. The molecule has 1 saturated heterocycles. The number of aliphatic carboxylic acids is 1. The molecule has 2 heterocycles. The molecule has 3 rings (SSSR count). The monoisotopic (exact) mass is 330 g/mol. The Morgan fingerprint density at radius 2 is 2.04 bits per heavy atom. The van der Waals surface area contributed by atoms with Crippen molar-refractivity contribution in [2.24, 2.45) is 5.92 Å². The summed E-state index contributed by atoms with van der Waals surface area (Å²) >= 11 is 6.01. The lowest BCUT2D eigenvalue weighted by atomic mass is 9.93. The Morgan fingerprint density at radius 1 is 1.26 bits per heavy atom. The highest BCUT2D eigenvalue weighted by molar-refractivity contribution is 6.30. The minimum Gasteiger partial charge on any atom is -0.481 e. The van der Waals surface area contributed by atoms with Crippen LogP contribution in [-0.4, -0.2) is 34.0 Å². The maximum Gasteiger partial charge on any atom is 0.307 e. The molecule has 0 bridgehead atoms. The molecular weight excluding hydrogens is 312 g/mol. The largest absolute Gasteiger partial charge is 0.481 e. The first-order valence-corrected chi connectivity index (χ1v) is 8.16. The van der Waals surface area contributed by atoms with Crippen molar-refractivity contribution in [3.05, 3.63) is 64.9 Å². The molecule has 1 aromatic heterocycles. The van der Waals surface area contributed by atoms with Crippen LogP contribution in [-0.2, 0) is 4.79 Å². The van der Waals surface area contributed by atoms with E-state index in [1.807, 2.05) is 42.5 Å². The molecule has 5 heteroatoms. The second-order valence-electron chi connectivity index (χ2n) is 5.88. The lowest BCUT2D eigenvalue weighted by Gasteiger charge is -2.37. The van der Waals surface area contributed by atoms with E-state index in [9.17, 15) is 9.90 Å². The van der Waals surface area contributed by atoms with Gasteiger partial charge >= 0.3 is 5.97 Å². The van der Waals surface area contributed by atoms with Crippen molar-refractivity contribution in [1.29, 1.82) is 0 Å². The average Bonchev–Trinajstić information content (AvgIpc) is 2.58. The summed E-state index contributed by atoms with van der Waals surface area (Å²) in [6.07, 6.45) is 3.39. The first-order valence-electron chi connectivity index (χ1n) is 7.78. The quantitative estimate of drug-likeness (QED) is 0.930. The number of nitrogens with zero attached hydrogens (tertiary/aromatic N) is 2. The van der Waals surface area contributed by atoms with Crippen molar-refractivity contribution in [3.63, 3.8) is 0 Å². The summed E-state index contributed by atoms with van der Waals surface area (Å²) in [5, 5.41) is 10.0. The highest BCUT2D eigenvalue weighted by atomic mass is 35.5. The Hall–Kier alpha value is -1.91. The molecule has 2 aromatic rings. The van der Waals surface area contributed by atoms with Gasteiger partial charge in [-0.15, -0.1) is 0 Å². The zero-order chi connectivity index (χ0) is 16.2. The number of carboxylic acid groups (broad SMARTS) is 1. The SMILES string of the molecule is O=C(O)C1CCCN(C(c2ccc(Cl)cc2)c2ccccn2)C1. The fraction of sp³-hybridized carbons (Fsp3) is 0.333. The zero-order valence-corrected chi connectivity index (χ0v) is 13.5. The summed E-state index contributed by atoms with van der Waals surface area (Å²) in [6.45, 7) is 1.41. The van der Waals surface area contributed by atoms with Crippen LogP contribution in [0, 0.1) is 5.92 Å². The van der Waals surface area contributed by atoms with E-state index < -0.39 is 5.97 Å². The second kappa shape index (κ2) is 7.11. The van der Waals surface area contributed by atoms with E-state index in [-0.39, 0.29) is 12.0 Å². The average molecular weight is 331 g/mol. The highest BCUT2D eigenvalue weighted by Gasteiger charge is 2.31. The Balaban J connectivity index is 1.95. The number of halogens is 1. The van der Waals surface area contributed by atoms with Crippen molar-refractivity contribution in [1.82, 2.24) is 9.88 Å². The van der Waals surface area contributed by atoms with E-state index in [1.54, 1.807) is 6.20 Å². The van der Waals surface area contributed by atoms with E-state index in [0.717, 1.165) is 30.6 Å². The molecular formula is C18H19ClN2O2. The first-order chi connectivity index (χ1) is 11.1. The van der Waals surface area contributed by atoms with Gasteiger partial charge in [-0.1, -0.05) is 29.8 Å². The molecule has 1 aliphatic rings. The van der Waals surface area contributed by atoms with Gasteiger partial charge in [0, 0.05) is 17.8 Å². The molecule has 0 radical (unpaired) electrons. The highest BCUT2D eigenvalue weighted by Crippen LogP contribution is 2.32. The molecule has 1 aliphatic heterocycles. The lowest BCUT2D eigenvalue weighted by molar-refractivity contribution is -0.143. The minimum atomic E-state index is -0.717. The number of hydrogen-bond acceptors (Lipinski definition) is 3. The predicted octanol–water partition coefficient (Wildman–Crippen LogP) is 3.62. The minimum absolute atomic E-state index is 0.0457. The Bertz CT molecular complexity index is 660. The zero-order valence-electron chi connectivity index (χ0n) is 12.7. The van der Waals surface area contributed by atoms with Gasteiger partial charge in [0.25, 0.3) is 0 Å². The van der Waals surface area contributed by atoms with Gasteiger partial charge in [0.15, 0.2) is 0 Å². The fourth-order valence-electron chi connectivity index (χ4n) is 3.19. The number of pyridine rings is 1. The molecule has 4 nitrogen and oxygen atoms in total. The standard InChI is InChI=1S/C18H19ClN2O2/c19-15-8-6-13(7-9-15)17(16-5-1-2-10-20-16)21-11-3-4-14(12-21)18(22)23/h1-2,5-10,14,17H,3-4,11-12H2,(H,22,23). The third-order valence-corrected chi connectivity index (χ3v) is 4.57. The molecule has 2 unspecified atom stereocenters. The van der Waals surface area contributed by atoms with Crippen molar-refractivity contribution >= 4 is 17.6 Å². The van der Waals surface area contributed by atoms with Crippen LogP contribution in [0.5, 0.6) is 0 Å². The first kappa shape index (κ1) is 16.0. The van der Waals surface area contributed by atoms with Gasteiger partial charge in [0.05, 0.1) is 17.7 Å². The van der Waals surface area contributed by atoms with Crippen molar-refractivity contribution in [3.8, 4) is 0 Å². The van der Waals surface area contributed by atoms with Gasteiger partial charge in [-0.3, -0.25) is 14.7 Å². The van der Waals surface area contributed by atoms with E-state index in [4.69, 9.17) is 11.6 Å². The molecule has 0 saturated carbocycles. The summed E-state index contributed by atoms with van der Waals surface area (Å²) in [4.78, 5) is 18.1. The van der Waals surface area contributed by atoms with Crippen LogP contribution in [0.4, 0.5) is 0 Å². The maximum atomic E-state index is 11.4. The van der Waals surface area contributed by atoms with Gasteiger partial charge in [-0.05, 0) is 49.2 Å². The smallest absolute Gasteiger partial charge is 0.307 e. The van der Waals surface area contributed by atoms with Crippen molar-refractivity contribution < 1.29 is 9.90 Å². The summed E-state index contributed by atoms with van der Waals surface area (Å²) < 4.78 is 0. The maximum absolute atomic E-state index is 11.4. The summed E-state index contributed by atoms with van der Waals surface area (Å²) in [5.41, 5.74) is 2.01. The molecule has 0 amide bonds. The van der Waals surface area contributed by atoms with E-state index in [0.29, 0.717) is 11.6 Å². The van der Waals surface area contributed by atoms with Crippen molar-refractivity contribution in [2.45, 2.75) is 18.9 Å². The van der Waals surface area contributed by atoms with E-state index in [2.05, 4.69) is 9.88 Å². The van der Waals surface area contributed by atoms with Crippen LogP contribution in [0.2, 0.25) is 5.02 Å². The van der Waals surface area contributed by atoms with Gasteiger partial charge in [-0.2, -0.15) is 0 Å². The third-order valence-electron chi connectivity index (χ3n) is 4.32. The van der Waals surface area contributed by atoms with Crippen LogP contribution in [0.15, 0.2) is 48.7 Å². The van der Waals surface area contributed by atoms with Crippen LogP contribution in [0.1, 0.15) is 30.1 Å². The van der Waals surface area contributed by atoms with E-state index in [1.165, 1.54) is 0 Å². The van der Waals surface area contributed by atoms with Crippen LogP contribution < -0.4 is 0 Å². The predicted molar refractivity (Wildman–Crippen MR) is 89.5 cm³/mol. The topological polar surface area (TPSA) is 53.4 Å². The molecule has 120 valence electrons. The molecule has 1 fully saturated rings. The molecule has 0 spiro atoms. The van der Waals surface area contributed by atoms with Crippen LogP contribution in [0.3, 0.4) is 0 Å². The fourth-order valence-corrected chi connectivity index (χ4v) is 3.32. The van der Waals surface area contributed by atoms with Gasteiger partial charge in [-0.25, -0.2) is 0 Å². The Kier molecular flexibility index (Phi) is 4.94. The van der Waals surface area contributed by atoms with Crippen LogP contribution in [0.25, 0.3) is 0 Å². The molecule has 23 heavy (non-hydrogen) atoms. The van der Waals surface area contributed by atoms with Gasteiger partial charge in [0.1, 0.15) is 0 Å². The van der Waals surface area contributed by atoms with Gasteiger partial charge < -0.3 is 5.11 Å². The normalized spacial score (nSPS) is 20.1. The summed E-state index contributed by atoms with van der Waals surface area (Å²) in [7, 11) is 0. The number of carboxylic acids is 1. The van der Waals surface area contributed by atoms with Crippen LogP contribution >= 0.6 is 11.6 Å². The number of aromatic nitrogens is 1. The van der Waals surface area contributed by atoms with E-state index >= 15 is 0 Å². The Labute approximate surface area is 140 Å². The number of benzene rings is 1. The summed E-state index contributed by atoms with van der Waals surface area (Å²) in [6, 6.07) is 13.5. The molecule has 1 aromatic carbocycles. The third kappa shape index (κ3) is 3.71. The number of carbonyl (C=O) groups is 1. The summed E-state index contributed by atoms with van der Waals surface area (Å²) in [5.74, 6) is -1.03. The number of piperidine rings is 1. The second-order valence-corrected chi connectivity index (χ2v) is 6.32. The number of likely N-dealkylation sites (tertiary alicyclic amines) is 1. The number of hydrogen-bond donors (Lipinski definition) is 1. The number of rotatable bonds is 4.